The van der Waals surface area contributed by atoms with Crippen LogP contribution in [0.3, 0.4) is 0 Å². The quantitative estimate of drug-likeness (QED) is 0.459. The second-order valence-corrected chi connectivity index (χ2v) is 8.50. The number of nitrogens with one attached hydrogen (secondary N) is 2. The fraction of sp³-hybridized carbons (Fsp3) is 0.208. The maximum absolute atomic E-state index is 12.9. The van der Waals surface area contributed by atoms with Crippen molar-refractivity contribution in [3.63, 3.8) is 0 Å². The molecule has 156 valence electrons. The average Bonchev–Trinajstić information content (AvgIpc) is 3.21. The molecule has 4 rings (SSSR count). The van der Waals surface area contributed by atoms with Crippen molar-refractivity contribution >= 4 is 22.4 Å². The van der Waals surface area contributed by atoms with E-state index in [-0.39, 0.29) is 11.6 Å². The minimum absolute atomic E-state index is 0.00199. The lowest BCUT2D eigenvalue weighted by atomic mass is 9.98. The van der Waals surface area contributed by atoms with E-state index >= 15 is 0 Å². The highest BCUT2D eigenvalue weighted by atomic mass is 32.1. The van der Waals surface area contributed by atoms with Crippen LogP contribution in [0, 0.1) is 11.3 Å². The molecule has 1 aromatic heterocycles. The van der Waals surface area contributed by atoms with Crippen molar-refractivity contribution in [2.45, 2.75) is 19.0 Å². The second kappa shape index (κ2) is 9.56. The predicted octanol–water partition coefficient (Wildman–Crippen LogP) is 3.86. The lowest BCUT2D eigenvalue weighted by Crippen LogP contribution is -2.30. The predicted molar refractivity (Wildman–Crippen MR) is 122 cm³/mol. The first-order valence-electron chi connectivity index (χ1n) is 10.1. The Bertz CT molecular complexity index is 1080. The van der Waals surface area contributed by atoms with Crippen LogP contribution in [0.25, 0.3) is 0 Å². The molecule has 0 aliphatic carbocycles. The van der Waals surface area contributed by atoms with Gasteiger partial charge in [0.15, 0.2) is 5.13 Å². The number of benzene rings is 2. The Balaban J connectivity index is 1.51. The Morgan fingerprint density at radius 3 is 2.42 bits per heavy atom. The van der Waals surface area contributed by atoms with Crippen LogP contribution < -0.4 is 10.6 Å². The third-order valence-corrected chi connectivity index (χ3v) is 6.18. The zero-order chi connectivity index (χ0) is 21.6. The van der Waals surface area contributed by atoms with Gasteiger partial charge in [0.1, 0.15) is 11.6 Å². The molecule has 0 unspecified atom stereocenters. The molecule has 1 aliphatic rings. The van der Waals surface area contributed by atoms with E-state index in [2.05, 4.69) is 27.6 Å². The minimum Gasteiger partial charge on any atom is -0.340 e. The molecule has 0 bridgehead atoms. The number of fused-ring (bicyclic) bond motifs is 1. The SMILES string of the molecule is CN1CCc2nc(N/C=C(/C#N)C(=O)NC(c3ccccc3)c3ccccc3)sc2C1. The van der Waals surface area contributed by atoms with Crippen LogP contribution in [0.1, 0.15) is 27.7 Å². The van der Waals surface area contributed by atoms with Crippen molar-refractivity contribution in [1.29, 1.82) is 5.26 Å². The normalized spacial score (nSPS) is 14.0. The number of nitrogens with zero attached hydrogens (tertiary/aromatic N) is 3. The second-order valence-electron chi connectivity index (χ2n) is 7.42. The Kier molecular flexibility index (Phi) is 6.41. The summed E-state index contributed by atoms with van der Waals surface area (Å²) >= 11 is 1.56. The highest BCUT2D eigenvalue weighted by molar-refractivity contribution is 7.15. The minimum atomic E-state index is -0.436. The Hall–Kier alpha value is -3.47. The summed E-state index contributed by atoms with van der Waals surface area (Å²) in [6, 6.07) is 21.1. The number of hydrogen-bond acceptors (Lipinski definition) is 6. The fourth-order valence-electron chi connectivity index (χ4n) is 3.53. The van der Waals surface area contributed by atoms with E-state index in [1.165, 1.54) is 11.1 Å². The van der Waals surface area contributed by atoms with Crippen LogP contribution in [0.2, 0.25) is 0 Å². The molecule has 1 amide bonds. The van der Waals surface area contributed by atoms with Crippen LogP contribution in [0.4, 0.5) is 5.13 Å². The summed E-state index contributed by atoms with van der Waals surface area (Å²) in [6.45, 7) is 1.86. The first-order chi connectivity index (χ1) is 15.1. The standard InChI is InChI=1S/C24H23N5OS/c1-29-13-12-20-21(16-29)31-24(27-20)26-15-19(14-25)23(30)28-22(17-8-4-2-5-9-17)18-10-6-3-7-11-18/h2-11,15,22H,12-13,16H2,1H3,(H,26,27)(H,28,30)/b19-15-. The largest absolute Gasteiger partial charge is 0.340 e. The zero-order valence-corrected chi connectivity index (χ0v) is 18.0. The van der Waals surface area contributed by atoms with Crippen LogP contribution in [-0.2, 0) is 17.8 Å². The number of nitriles is 1. The maximum atomic E-state index is 12.9. The van der Waals surface area contributed by atoms with Crippen molar-refractivity contribution in [1.82, 2.24) is 15.2 Å². The molecule has 0 saturated carbocycles. The number of amides is 1. The number of hydrogen-bond donors (Lipinski definition) is 2. The molecule has 6 nitrogen and oxygen atoms in total. The zero-order valence-electron chi connectivity index (χ0n) is 17.2. The number of aromatic nitrogens is 1. The first kappa shape index (κ1) is 20.8. The molecule has 2 aromatic carbocycles. The monoisotopic (exact) mass is 429 g/mol. The van der Waals surface area contributed by atoms with Crippen molar-refractivity contribution < 1.29 is 4.79 Å². The van der Waals surface area contributed by atoms with Crippen molar-refractivity contribution in [2.24, 2.45) is 0 Å². The number of rotatable bonds is 6. The molecule has 0 spiro atoms. The van der Waals surface area contributed by atoms with Gasteiger partial charge in [-0.15, -0.1) is 11.3 Å². The van der Waals surface area contributed by atoms with Crippen LogP contribution in [0.15, 0.2) is 72.4 Å². The molecule has 3 aromatic rings. The average molecular weight is 430 g/mol. The van der Waals surface area contributed by atoms with Gasteiger partial charge in [-0.2, -0.15) is 5.26 Å². The maximum Gasteiger partial charge on any atom is 0.264 e. The number of anilines is 1. The molecule has 1 aliphatic heterocycles. The van der Waals surface area contributed by atoms with E-state index in [1.54, 1.807) is 11.3 Å². The highest BCUT2D eigenvalue weighted by Crippen LogP contribution is 2.28. The van der Waals surface area contributed by atoms with Gasteiger partial charge in [-0.25, -0.2) is 4.98 Å². The van der Waals surface area contributed by atoms with E-state index in [0.717, 1.165) is 36.3 Å². The summed E-state index contributed by atoms with van der Waals surface area (Å²) in [7, 11) is 2.09. The first-order valence-corrected chi connectivity index (χ1v) is 10.9. The summed E-state index contributed by atoms with van der Waals surface area (Å²) in [4.78, 5) is 21.0. The number of likely N-dealkylation sites (N-methyl/N-ethyl adjacent to an activating group) is 1. The van der Waals surface area contributed by atoms with E-state index in [0.29, 0.717) is 5.13 Å². The van der Waals surface area contributed by atoms with Crippen LogP contribution in [0.5, 0.6) is 0 Å². The Morgan fingerprint density at radius 1 is 1.16 bits per heavy atom. The van der Waals surface area contributed by atoms with Gasteiger partial charge in [0.05, 0.1) is 11.7 Å². The van der Waals surface area contributed by atoms with Gasteiger partial charge in [-0.3, -0.25) is 4.79 Å². The topological polar surface area (TPSA) is 81.1 Å². The highest BCUT2D eigenvalue weighted by Gasteiger charge is 2.20. The molecule has 0 radical (unpaired) electrons. The lowest BCUT2D eigenvalue weighted by Gasteiger charge is -2.20. The molecule has 0 fully saturated rings. The van der Waals surface area contributed by atoms with Gasteiger partial charge in [0.25, 0.3) is 5.91 Å². The molecular formula is C24H23N5OS. The molecule has 2 N–H and O–H groups in total. The summed E-state index contributed by atoms with van der Waals surface area (Å²) in [5, 5.41) is 16.3. The van der Waals surface area contributed by atoms with E-state index in [4.69, 9.17) is 0 Å². The molecule has 31 heavy (non-hydrogen) atoms. The fourth-order valence-corrected chi connectivity index (χ4v) is 4.58. The van der Waals surface area contributed by atoms with Gasteiger partial charge >= 0.3 is 0 Å². The van der Waals surface area contributed by atoms with E-state index in [1.807, 2.05) is 66.7 Å². The molecule has 2 heterocycles. The molecular weight excluding hydrogens is 406 g/mol. The van der Waals surface area contributed by atoms with Gasteiger partial charge in [-0.1, -0.05) is 60.7 Å². The summed E-state index contributed by atoms with van der Waals surface area (Å²) < 4.78 is 0. The summed E-state index contributed by atoms with van der Waals surface area (Å²) in [6.07, 6.45) is 2.35. The van der Waals surface area contributed by atoms with Gasteiger partial charge in [0, 0.05) is 30.6 Å². The smallest absolute Gasteiger partial charge is 0.264 e. The van der Waals surface area contributed by atoms with Gasteiger partial charge in [-0.05, 0) is 18.2 Å². The van der Waals surface area contributed by atoms with Crippen molar-refractivity contribution in [2.75, 3.05) is 18.9 Å². The molecule has 7 heteroatoms. The summed E-state index contributed by atoms with van der Waals surface area (Å²) in [5.41, 5.74) is 2.99. The Labute approximate surface area is 185 Å². The molecule has 0 saturated heterocycles. The third-order valence-electron chi connectivity index (χ3n) is 5.17. The van der Waals surface area contributed by atoms with Gasteiger partial charge < -0.3 is 15.5 Å². The van der Waals surface area contributed by atoms with Crippen LogP contribution >= 0.6 is 11.3 Å². The van der Waals surface area contributed by atoms with Crippen molar-refractivity contribution in [3.05, 3.63) is 94.1 Å². The number of thiazole rings is 1. The van der Waals surface area contributed by atoms with E-state index in [9.17, 15) is 10.1 Å². The lowest BCUT2D eigenvalue weighted by molar-refractivity contribution is -0.117. The Morgan fingerprint density at radius 2 is 1.81 bits per heavy atom. The van der Waals surface area contributed by atoms with Crippen LogP contribution in [-0.4, -0.2) is 29.4 Å². The molecule has 0 atom stereocenters. The third kappa shape index (κ3) is 5.00. The van der Waals surface area contributed by atoms with E-state index < -0.39 is 5.91 Å². The number of carbonyl (C=O) groups is 1. The van der Waals surface area contributed by atoms with Crippen molar-refractivity contribution in [3.8, 4) is 6.07 Å². The van der Waals surface area contributed by atoms with Gasteiger partial charge in [0.2, 0.25) is 0 Å². The summed E-state index contributed by atoms with van der Waals surface area (Å²) in [5.74, 6) is -0.436. The number of carbonyl (C=O) groups excluding carboxylic acids is 1.